The Kier molecular flexibility index (Phi) is 4.02. The number of carbonyl (C=O) groups excluding carboxylic acids is 1. The summed E-state index contributed by atoms with van der Waals surface area (Å²) in [6.45, 7) is 0.0999. The van der Waals surface area contributed by atoms with E-state index in [1.807, 2.05) is 0 Å². The van der Waals surface area contributed by atoms with E-state index in [4.69, 9.17) is 23.2 Å². The maximum Gasteiger partial charge on any atom is 0.311 e. The first-order chi connectivity index (χ1) is 8.96. The molecule has 0 bridgehead atoms. The second-order valence-electron chi connectivity index (χ2n) is 4.72. The molecule has 0 saturated heterocycles. The van der Waals surface area contributed by atoms with Crippen LogP contribution in [0.3, 0.4) is 0 Å². The largest absolute Gasteiger partial charge is 0.481 e. The van der Waals surface area contributed by atoms with Crippen LogP contribution in [0.2, 0.25) is 10.0 Å². The number of carbonyl (C=O) groups is 2. The Balaban J connectivity index is 2.08. The molecule has 1 aromatic carbocycles. The number of hydrogen-bond donors (Lipinski definition) is 2. The van der Waals surface area contributed by atoms with Crippen molar-refractivity contribution in [2.75, 3.05) is 6.54 Å². The highest BCUT2D eigenvalue weighted by Gasteiger charge is 2.44. The van der Waals surface area contributed by atoms with Gasteiger partial charge in [0.05, 0.1) is 21.0 Å². The molecule has 1 amide bonds. The molecular weight excluding hydrogens is 289 g/mol. The molecule has 0 unspecified atom stereocenters. The number of benzene rings is 1. The lowest BCUT2D eigenvalue weighted by Gasteiger charge is -2.37. The number of amides is 1. The first kappa shape index (κ1) is 14.2. The van der Waals surface area contributed by atoms with Crippen LogP contribution in [-0.2, 0) is 4.79 Å². The average Bonchev–Trinajstić information content (AvgIpc) is 2.26. The normalized spacial score (nSPS) is 16.5. The first-order valence-electron chi connectivity index (χ1n) is 5.92. The van der Waals surface area contributed by atoms with Crippen molar-refractivity contribution in [3.8, 4) is 0 Å². The van der Waals surface area contributed by atoms with Crippen molar-refractivity contribution in [1.82, 2.24) is 5.32 Å². The molecule has 0 aromatic heterocycles. The Morgan fingerprint density at radius 1 is 1.26 bits per heavy atom. The number of carboxylic acid groups (broad SMARTS) is 1. The van der Waals surface area contributed by atoms with Gasteiger partial charge in [0, 0.05) is 6.54 Å². The van der Waals surface area contributed by atoms with Crippen LogP contribution < -0.4 is 5.32 Å². The Morgan fingerprint density at radius 3 is 2.26 bits per heavy atom. The Bertz CT molecular complexity index is 506. The van der Waals surface area contributed by atoms with Crippen molar-refractivity contribution >= 4 is 35.1 Å². The zero-order chi connectivity index (χ0) is 14.0. The van der Waals surface area contributed by atoms with Gasteiger partial charge in [-0.3, -0.25) is 9.59 Å². The van der Waals surface area contributed by atoms with Gasteiger partial charge in [-0.25, -0.2) is 0 Å². The zero-order valence-electron chi connectivity index (χ0n) is 10.1. The van der Waals surface area contributed by atoms with Gasteiger partial charge in [-0.15, -0.1) is 0 Å². The highest BCUT2D eigenvalue weighted by Crippen LogP contribution is 2.40. The third kappa shape index (κ3) is 2.69. The maximum absolute atomic E-state index is 12.0. The minimum atomic E-state index is -0.871. The van der Waals surface area contributed by atoms with Crippen LogP contribution in [0.4, 0.5) is 0 Å². The van der Waals surface area contributed by atoms with Crippen molar-refractivity contribution in [3.05, 3.63) is 33.8 Å². The summed E-state index contributed by atoms with van der Waals surface area (Å²) in [7, 11) is 0. The Labute approximate surface area is 120 Å². The van der Waals surface area contributed by atoms with Gasteiger partial charge in [0.2, 0.25) is 0 Å². The number of carboxylic acids is 1. The zero-order valence-corrected chi connectivity index (χ0v) is 11.6. The molecule has 1 aromatic rings. The van der Waals surface area contributed by atoms with Gasteiger partial charge in [0.25, 0.3) is 5.91 Å². The van der Waals surface area contributed by atoms with E-state index in [1.54, 1.807) is 18.2 Å². The molecule has 0 heterocycles. The first-order valence-corrected chi connectivity index (χ1v) is 6.67. The summed E-state index contributed by atoms with van der Waals surface area (Å²) in [5.41, 5.74) is -0.644. The maximum atomic E-state index is 12.0. The van der Waals surface area contributed by atoms with E-state index >= 15 is 0 Å². The van der Waals surface area contributed by atoms with Gasteiger partial charge in [0.1, 0.15) is 0 Å². The molecular formula is C13H13Cl2NO3. The molecule has 2 N–H and O–H groups in total. The van der Waals surface area contributed by atoms with Crippen LogP contribution in [0.1, 0.15) is 29.6 Å². The van der Waals surface area contributed by atoms with Gasteiger partial charge in [-0.2, -0.15) is 0 Å². The molecule has 0 atom stereocenters. The number of hydrogen-bond acceptors (Lipinski definition) is 2. The van der Waals surface area contributed by atoms with E-state index in [9.17, 15) is 14.7 Å². The molecule has 2 rings (SSSR count). The van der Waals surface area contributed by atoms with Crippen LogP contribution in [0.5, 0.6) is 0 Å². The number of aliphatic carboxylic acids is 1. The quantitative estimate of drug-likeness (QED) is 0.898. The molecule has 19 heavy (non-hydrogen) atoms. The summed E-state index contributed by atoms with van der Waals surface area (Å²) in [6, 6.07) is 4.78. The van der Waals surface area contributed by atoms with E-state index < -0.39 is 17.3 Å². The number of rotatable bonds is 4. The molecule has 4 nitrogen and oxygen atoms in total. The predicted octanol–water partition coefficient (Wildman–Crippen LogP) is 2.98. The summed E-state index contributed by atoms with van der Waals surface area (Å²) in [6.07, 6.45) is 2.03. The third-order valence-corrected chi connectivity index (χ3v) is 4.17. The van der Waals surface area contributed by atoms with Crippen LogP contribution >= 0.6 is 23.2 Å². The average molecular weight is 302 g/mol. The Hall–Kier alpha value is -1.26. The molecule has 0 radical (unpaired) electrons. The smallest absolute Gasteiger partial charge is 0.311 e. The van der Waals surface area contributed by atoms with Gasteiger partial charge >= 0.3 is 5.97 Å². The van der Waals surface area contributed by atoms with Gasteiger partial charge in [-0.05, 0) is 25.0 Å². The highest BCUT2D eigenvalue weighted by molar-refractivity contribution is 6.39. The predicted molar refractivity (Wildman–Crippen MR) is 72.7 cm³/mol. The topological polar surface area (TPSA) is 66.4 Å². The van der Waals surface area contributed by atoms with Gasteiger partial charge in [-0.1, -0.05) is 35.7 Å². The molecule has 0 aliphatic heterocycles. The van der Waals surface area contributed by atoms with E-state index in [-0.39, 0.29) is 22.2 Å². The summed E-state index contributed by atoms with van der Waals surface area (Å²) in [5, 5.41) is 12.3. The third-order valence-electron chi connectivity index (χ3n) is 3.54. The molecule has 1 aliphatic rings. The molecule has 1 fully saturated rings. The summed E-state index contributed by atoms with van der Waals surface area (Å²) in [5.74, 6) is -1.31. The van der Waals surface area contributed by atoms with Gasteiger partial charge < -0.3 is 10.4 Å². The van der Waals surface area contributed by atoms with Crippen molar-refractivity contribution in [2.24, 2.45) is 5.41 Å². The van der Waals surface area contributed by atoms with Crippen LogP contribution in [-0.4, -0.2) is 23.5 Å². The van der Waals surface area contributed by atoms with Crippen molar-refractivity contribution in [2.45, 2.75) is 19.3 Å². The summed E-state index contributed by atoms with van der Waals surface area (Å²) >= 11 is 11.8. The molecule has 1 saturated carbocycles. The second kappa shape index (κ2) is 5.39. The van der Waals surface area contributed by atoms with E-state index in [0.29, 0.717) is 12.8 Å². The van der Waals surface area contributed by atoms with Crippen molar-refractivity contribution in [1.29, 1.82) is 0 Å². The fourth-order valence-electron chi connectivity index (χ4n) is 2.12. The second-order valence-corrected chi connectivity index (χ2v) is 5.53. The molecule has 0 spiro atoms. The van der Waals surface area contributed by atoms with Gasteiger partial charge in [0.15, 0.2) is 0 Å². The van der Waals surface area contributed by atoms with Crippen LogP contribution in [0, 0.1) is 5.41 Å². The molecule has 1 aliphatic carbocycles. The van der Waals surface area contributed by atoms with Crippen molar-refractivity contribution in [3.63, 3.8) is 0 Å². The van der Waals surface area contributed by atoms with Crippen LogP contribution in [0.15, 0.2) is 18.2 Å². The van der Waals surface area contributed by atoms with Crippen molar-refractivity contribution < 1.29 is 14.7 Å². The summed E-state index contributed by atoms with van der Waals surface area (Å²) < 4.78 is 0. The van der Waals surface area contributed by atoms with E-state index in [0.717, 1.165) is 6.42 Å². The molecule has 6 heteroatoms. The molecule has 102 valence electrons. The fourth-order valence-corrected chi connectivity index (χ4v) is 2.69. The minimum Gasteiger partial charge on any atom is -0.481 e. The standard InChI is InChI=1S/C13H13Cl2NO3/c14-8-3-1-4-9(15)10(8)11(17)16-7-13(12(18)19)5-2-6-13/h1,3-4H,2,5-7H2,(H,16,17)(H,18,19). The minimum absolute atomic E-state index is 0.0999. The highest BCUT2D eigenvalue weighted by atomic mass is 35.5. The number of halogens is 2. The lowest BCUT2D eigenvalue weighted by Crippen LogP contribution is -2.47. The lowest BCUT2D eigenvalue weighted by atomic mass is 9.69. The monoisotopic (exact) mass is 301 g/mol. The number of nitrogens with one attached hydrogen (secondary N) is 1. The summed E-state index contributed by atoms with van der Waals surface area (Å²) in [4.78, 5) is 23.2. The van der Waals surface area contributed by atoms with E-state index in [2.05, 4.69) is 5.32 Å². The Morgan fingerprint density at radius 2 is 1.84 bits per heavy atom. The fraction of sp³-hybridized carbons (Fsp3) is 0.385. The van der Waals surface area contributed by atoms with Crippen LogP contribution in [0.25, 0.3) is 0 Å². The lowest BCUT2D eigenvalue weighted by molar-refractivity contribution is -0.153. The van der Waals surface area contributed by atoms with E-state index in [1.165, 1.54) is 0 Å². The SMILES string of the molecule is O=C(NCC1(C(=O)O)CCC1)c1c(Cl)cccc1Cl.